The number of sulfone groups is 1. The summed E-state index contributed by atoms with van der Waals surface area (Å²) in [5, 5.41) is 4.58. The van der Waals surface area contributed by atoms with Gasteiger partial charge in [-0.25, -0.2) is 17.5 Å². The lowest BCUT2D eigenvalue weighted by atomic mass is 10.1. The van der Waals surface area contributed by atoms with Crippen LogP contribution in [0.1, 0.15) is 34.1 Å². The fourth-order valence-electron chi connectivity index (χ4n) is 2.84. The molecule has 1 aromatic carbocycles. The van der Waals surface area contributed by atoms with Crippen molar-refractivity contribution in [1.82, 2.24) is 9.78 Å². The van der Waals surface area contributed by atoms with Crippen molar-refractivity contribution in [3.63, 3.8) is 0 Å². The van der Waals surface area contributed by atoms with Gasteiger partial charge in [0.05, 0.1) is 28.8 Å². The van der Waals surface area contributed by atoms with E-state index in [1.54, 1.807) is 13.0 Å². The Hall–Kier alpha value is -1.99. The summed E-state index contributed by atoms with van der Waals surface area (Å²) >= 11 is 6.33. The zero-order valence-corrected chi connectivity index (χ0v) is 15.0. The normalized spacial score (nSPS) is 19.6. The van der Waals surface area contributed by atoms with Crippen molar-refractivity contribution in [2.45, 2.75) is 19.4 Å². The Balaban J connectivity index is 1.86. The smallest absolute Gasteiger partial charge is 0.188 e. The van der Waals surface area contributed by atoms with E-state index in [-0.39, 0.29) is 28.3 Å². The molecule has 2 aromatic rings. The van der Waals surface area contributed by atoms with Crippen molar-refractivity contribution in [3.8, 4) is 0 Å². The number of hydrogen-bond acceptors (Lipinski definition) is 4. The van der Waals surface area contributed by atoms with Gasteiger partial charge in [-0.15, -0.1) is 0 Å². The van der Waals surface area contributed by atoms with Crippen molar-refractivity contribution >= 4 is 33.3 Å². The van der Waals surface area contributed by atoms with Crippen molar-refractivity contribution in [2.24, 2.45) is 0 Å². The highest BCUT2D eigenvalue weighted by Gasteiger charge is 2.31. The van der Waals surface area contributed by atoms with Crippen LogP contribution in [0.3, 0.4) is 0 Å². The number of ketones is 1. The number of rotatable bonds is 4. The third kappa shape index (κ3) is 3.67. The predicted octanol–water partition coefficient (Wildman–Crippen LogP) is 3.24. The molecule has 0 spiro atoms. The van der Waals surface area contributed by atoms with Crippen LogP contribution in [-0.4, -0.2) is 35.5 Å². The van der Waals surface area contributed by atoms with Crippen LogP contribution in [0.2, 0.25) is 5.15 Å². The van der Waals surface area contributed by atoms with Gasteiger partial charge in [-0.2, -0.15) is 5.10 Å². The van der Waals surface area contributed by atoms with E-state index in [9.17, 15) is 17.6 Å². The number of allylic oxidation sites excluding steroid dienone is 1. The third-order valence-electron chi connectivity index (χ3n) is 4.17. The number of aromatic nitrogens is 2. The molecule has 1 fully saturated rings. The highest BCUT2D eigenvalue weighted by Crippen LogP contribution is 2.30. The topological polar surface area (TPSA) is 69.0 Å². The standard InChI is InChI=1S/C17H16ClFN2O3S/c1-11-13(6-7-16(22)14-4-2-3-5-15(14)19)17(18)21(20-11)12-8-9-25(23,24)10-12/h2-7,12H,8-10H2,1H3/b7-6+/t12-/m0/s1. The summed E-state index contributed by atoms with van der Waals surface area (Å²) in [6.07, 6.45) is 3.18. The average molecular weight is 383 g/mol. The van der Waals surface area contributed by atoms with E-state index in [1.807, 2.05) is 0 Å². The molecule has 5 nitrogen and oxygen atoms in total. The Morgan fingerprint density at radius 1 is 1.40 bits per heavy atom. The third-order valence-corrected chi connectivity index (χ3v) is 6.29. The Morgan fingerprint density at radius 2 is 2.12 bits per heavy atom. The molecule has 0 unspecified atom stereocenters. The van der Waals surface area contributed by atoms with Crippen molar-refractivity contribution in [3.05, 3.63) is 58.1 Å². The summed E-state index contributed by atoms with van der Waals surface area (Å²) in [5.74, 6) is -0.953. The van der Waals surface area contributed by atoms with Crippen molar-refractivity contribution in [1.29, 1.82) is 0 Å². The first kappa shape index (κ1) is 17.8. The van der Waals surface area contributed by atoms with Crippen LogP contribution < -0.4 is 0 Å². The molecule has 1 atom stereocenters. The van der Waals surface area contributed by atoms with E-state index in [1.165, 1.54) is 35.0 Å². The van der Waals surface area contributed by atoms with Gasteiger partial charge in [-0.05, 0) is 37.6 Å². The summed E-state index contributed by atoms with van der Waals surface area (Å²) in [7, 11) is -3.06. The first-order valence-electron chi connectivity index (χ1n) is 7.70. The maximum Gasteiger partial charge on any atom is 0.188 e. The average Bonchev–Trinajstić information content (AvgIpc) is 3.05. The molecule has 1 aliphatic rings. The quantitative estimate of drug-likeness (QED) is 0.601. The Kier molecular flexibility index (Phi) is 4.79. The van der Waals surface area contributed by atoms with Crippen LogP contribution in [0.5, 0.6) is 0 Å². The molecule has 0 bridgehead atoms. The molecule has 1 saturated heterocycles. The molecule has 25 heavy (non-hydrogen) atoms. The zero-order valence-electron chi connectivity index (χ0n) is 13.4. The molecule has 132 valence electrons. The van der Waals surface area contributed by atoms with Gasteiger partial charge in [-0.1, -0.05) is 23.7 Å². The van der Waals surface area contributed by atoms with E-state index in [2.05, 4.69) is 5.10 Å². The minimum atomic E-state index is -3.06. The molecule has 0 aliphatic carbocycles. The number of carbonyl (C=O) groups is 1. The van der Waals surface area contributed by atoms with Gasteiger partial charge in [0, 0.05) is 5.56 Å². The zero-order chi connectivity index (χ0) is 18.2. The molecule has 3 rings (SSSR count). The molecule has 8 heteroatoms. The summed E-state index contributed by atoms with van der Waals surface area (Å²) in [6.45, 7) is 1.72. The molecule has 1 aliphatic heterocycles. The van der Waals surface area contributed by atoms with Crippen LogP contribution in [-0.2, 0) is 9.84 Å². The molecule has 0 saturated carbocycles. The first-order valence-corrected chi connectivity index (χ1v) is 9.90. The van der Waals surface area contributed by atoms with Crippen LogP contribution >= 0.6 is 11.6 Å². The Bertz CT molecular complexity index is 966. The maximum atomic E-state index is 13.7. The number of carbonyl (C=O) groups excluding carboxylic acids is 1. The second kappa shape index (κ2) is 6.72. The van der Waals surface area contributed by atoms with E-state index in [0.29, 0.717) is 17.7 Å². The van der Waals surface area contributed by atoms with E-state index in [4.69, 9.17) is 11.6 Å². The summed E-state index contributed by atoms with van der Waals surface area (Å²) < 4.78 is 38.4. The van der Waals surface area contributed by atoms with E-state index < -0.39 is 21.4 Å². The minimum absolute atomic E-state index is 0.00511. The van der Waals surface area contributed by atoms with Crippen molar-refractivity contribution in [2.75, 3.05) is 11.5 Å². The van der Waals surface area contributed by atoms with Crippen LogP contribution in [0.25, 0.3) is 6.08 Å². The lowest BCUT2D eigenvalue weighted by molar-refractivity contribution is 0.104. The molecular weight excluding hydrogens is 367 g/mol. The number of nitrogens with zero attached hydrogens (tertiary/aromatic N) is 2. The van der Waals surface area contributed by atoms with Crippen LogP contribution in [0.4, 0.5) is 4.39 Å². The summed E-state index contributed by atoms with van der Waals surface area (Å²) in [6, 6.07) is 5.42. The Morgan fingerprint density at radius 3 is 2.76 bits per heavy atom. The molecular formula is C17H16ClFN2O3S. The molecule has 0 radical (unpaired) electrons. The lowest BCUT2D eigenvalue weighted by Crippen LogP contribution is -2.12. The van der Waals surface area contributed by atoms with Gasteiger partial charge < -0.3 is 0 Å². The highest BCUT2D eigenvalue weighted by atomic mass is 35.5. The predicted molar refractivity (Wildman–Crippen MR) is 94.0 cm³/mol. The maximum absolute atomic E-state index is 13.7. The minimum Gasteiger partial charge on any atom is -0.289 e. The van der Waals surface area contributed by atoms with Gasteiger partial charge in [-0.3, -0.25) is 4.79 Å². The molecule has 1 aromatic heterocycles. The van der Waals surface area contributed by atoms with Gasteiger partial charge in [0.2, 0.25) is 0 Å². The second-order valence-corrected chi connectivity index (χ2v) is 8.56. The monoisotopic (exact) mass is 382 g/mol. The van der Waals surface area contributed by atoms with E-state index >= 15 is 0 Å². The van der Waals surface area contributed by atoms with Gasteiger partial charge in [0.25, 0.3) is 0 Å². The molecule has 2 heterocycles. The Labute approximate surface area is 150 Å². The lowest BCUT2D eigenvalue weighted by Gasteiger charge is -2.09. The molecule has 0 N–H and O–H groups in total. The summed E-state index contributed by atoms with van der Waals surface area (Å²) in [4.78, 5) is 12.1. The SMILES string of the molecule is Cc1nn([C@H]2CCS(=O)(=O)C2)c(Cl)c1/C=C/C(=O)c1ccccc1F. The van der Waals surface area contributed by atoms with Crippen LogP contribution in [0, 0.1) is 12.7 Å². The van der Waals surface area contributed by atoms with Gasteiger partial charge in [0.1, 0.15) is 11.0 Å². The fourth-order valence-corrected chi connectivity index (χ4v) is 4.91. The van der Waals surface area contributed by atoms with Gasteiger partial charge in [0.15, 0.2) is 15.6 Å². The summed E-state index contributed by atoms with van der Waals surface area (Å²) in [5.41, 5.74) is 1.07. The van der Waals surface area contributed by atoms with E-state index in [0.717, 1.165) is 0 Å². The number of halogens is 2. The van der Waals surface area contributed by atoms with Gasteiger partial charge >= 0.3 is 0 Å². The number of hydrogen-bond donors (Lipinski definition) is 0. The second-order valence-electron chi connectivity index (χ2n) is 5.97. The molecule has 0 amide bonds. The fraction of sp³-hybridized carbons (Fsp3) is 0.294. The highest BCUT2D eigenvalue weighted by molar-refractivity contribution is 7.91. The number of aryl methyl sites for hydroxylation is 1. The number of benzene rings is 1. The first-order chi connectivity index (χ1) is 11.8. The van der Waals surface area contributed by atoms with Crippen molar-refractivity contribution < 1.29 is 17.6 Å². The largest absolute Gasteiger partial charge is 0.289 e. The van der Waals surface area contributed by atoms with Crippen LogP contribution in [0.15, 0.2) is 30.3 Å².